The minimum atomic E-state index is -0.630. The highest BCUT2D eigenvalue weighted by atomic mass is 16.5. The van der Waals surface area contributed by atoms with E-state index in [4.69, 9.17) is 10.5 Å². The molecule has 2 rings (SSSR count). The van der Waals surface area contributed by atoms with E-state index in [1.54, 1.807) is 0 Å². The molecule has 0 spiro atoms. The smallest absolute Gasteiger partial charge is 0.254 e. The lowest BCUT2D eigenvalue weighted by Gasteiger charge is -2.15. The summed E-state index contributed by atoms with van der Waals surface area (Å²) < 4.78 is 5.05. The summed E-state index contributed by atoms with van der Waals surface area (Å²) in [6.45, 7) is 0.156. The van der Waals surface area contributed by atoms with Gasteiger partial charge in [-0.2, -0.15) is 0 Å². The second-order valence-electron chi connectivity index (χ2n) is 4.77. The van der Waals surface area contributed by atoms with E-state index in [9.17, 15) is 4.79 Å². The number of methoxy groups -OCH3 is 1. The van der Waals surface area contributed by atoms with Gasteiger partial charge >= 0.3 is 0 Å². The zero-order chi connectivity index (χ0) is 15.1. The van der Waals surface area contributed by atoms with Gasteiger partial charge < -0.3 is 15.8 Å². The number of hydrogen-bond acceptors (Lipinski definition) is 3. The first kappa shape index (κ1) is 15.2. The zero-order valence-electron chi connectivity index (χ0n) is 12.1. The Labute approximate surface area is 124 Å². The lowest BCUT2D eigenvalue weighted by molar-refractivity contribution is -0.125. The quantitative estimate of drug-likeness (QED) is 0.854. The number of para-hydroxylation sites is 1. The molecule has 0 bridgehead atoms. The van der Waals surface area contributed by atoms with E-state index >= 15 is 0 Å². The van der Waals surface area contributed by atoms with Gasteiger partial charge in [-0.3, -0.25) is 4.79 Å². The summed E-state index contributed by atoms with van der Waals surface area (Å²) in [7, 11) is 1.48. The number of nitrogens with two attached hydrogens (primary N) is 1. The van der Waals surface area contributed by atoms with Crippen LogP contribution in [0.25, 0.3) is 0 Å². The maximum absolute atomic E-state index is 12.1. The van der Waals surface area contributed by atoms with Crippen molar-refractivity contribution in [2.45, 2.75) is 12.5 Å². The summed E-state index contributed by atoms with van der Waals surface area (Å²) in [6, 6.07) is 17.9. The van der Waals surface area contributed by atoms with Gasteiger partial charge in [-0.15, -0.1) is 0 Å². The third kappa shape index (κ3) is 4.15. The van der Waals surface area contributed by atoms with Crippen LogP contribution in [0.4, 0.5) is 5.69 Å². The van der Waals surface area contributed by atoms with Crippen LogP contribution in [0.2, 0.25) is 0 Å². The van der Waals surface area contributed by atoms with Crippen molar-refractivity contribution in [1.29, 1.82) is 0 Å². The van der Waals surface area contributed by atoms with Gasteiger partial charge in [-0.25, -0.2) is 0 Å². The number of benzene rings is 2. The Hall–Kier alpha value is -2.17. The van der Waals surface area contributed by atoms with Gasteiger partial charge in [0.1, 0.15) is 6.10 Å². The number of ether oxygens (including phenoxy) is 1. The molecule has 4 heteroatoms. The fourth-order valence-electron chi connectivity index (χ4n) is 2.14. The van der Waals surface area contributed by atoms with Crippen LogP contribution in [0.1, 0.15) is 11.1 Å². The van der Waals surface area contributed by atoms with Gasteiger partial charge in [0.2, 0.25) is 0 Å². The molecule has 4 nitrogen and oxygen atoms in total. The van der Waals surface area contributed by atoms with Crippen LogP contribution in [0.3, 0.4) is 0 Å². The SMILES string of the molecule is COC(CN)C(=O)Nc1ccccc1Cc1ccccc1. The third-order valence-electron chi connectivity index (χ3n) is 3.30. The Morgan fingerprint density at radius 3 is 2.48 bits per heavy atom. The van der Waals surface area contributed by atoms with E-state index in [1.165, 1.54) is 12.7 Å². The van der Waals surface area contributed by atoms with Gasteiger partial charge in [-0.05, 0) is 23.6 Å². The third-order valence-corrected chi connectivity index (χ3v) is 3.30. The van der Waals surface area contributed by atoms with Crippen molar-refractivity contribution in [3.8, 4) is 0 Å². The topological polar surface area (TPSA) is 64.3 Å². The van der Waals surface area contributed by atoms with E-state index in [2.05, 4.69) is 17.4 Å². The summed E-state index contributed by atoms with van der Waals surface area (Å²) in [5.74, 6) is -0.222. The maximum Gasteiger partial charge on any atom is 0.254 e. The molecular formula is C17H20N2O2. The summed E-state index contributed by atoms with van der Waals surface area (Å²) in [4.78, 5) is 12.1. The number of rotatable bonds is 6. The van der Waals surface area contributed by atoms with Crippen LogP contribution in [0.15, 0.2) is 54.6 Å². The van der Waals surface area contributed by atoms with Crippen molar-refractivity contribution >= 4 is 11.6 Å². The summed E-state index contributed by atoms with van der Waals surface area (Å²) in [5.41, 5.74) is 8.56. The summed E-state index contributed by atoms with van der Waals surface area (Å²) in [5, 5.41) is 2.89. The van der Waals surface area contributed by atoms with Crippen molar-refractivity contribution in [3.63, 3.8) is 0 Å². The lowest BCUT2D eigenvalue weighted by atomic mass is 10.0. The average Bonchev–Trinajstić information content (AvgIpc) is 2.51. The van der Waals surface area contributed by atoms with Gasteiger partial charge in [0.15, 0.2) is 0 Å². The highest BCUT2D eigenvalue weighted by molar-refractivity contribution is 5.95. The Kier molecular flexibility index (Phi) is 5.49. The molecule has 110 valence electrons. The largest absolute Gasteiger partial charge is 0.370 e. The molecule has 2 aromatic carbocycles. The first-order valence-electron chi connectivity index (χ1n) is 6.90. The molecule has 0 aliphatic heterocycles. The number of hydrogen-bond donors (Lipinski definition) is 2. The molecule has 0 saturated heterocycles. The number of carbonyl (C=O) groups is 1. The minimum absolute atomic E-state index is 0.156. The Bertz CT molecular complexity index is 580. The maximum atomic E-state index is 12.1. The Balaban J connectivity index is 2.15. The molecule has 1 atom stereocenters. The predicted molar refractivity (Wildman–Crippen MR) is 84.2 cm³/mol. The Morgan fingerprint density at radius 1 is 1.14 bits per heavy atom. The average molecular weight is 284 g/mol. The molecule has 0 heterocycles. The minimum Gasteiger partial charge on any atom is -0.370 e. The lowest BCUT2D eigenvalue weighted by Crippen LogP contribution is -2.36. The highest BCUT2D eigenvalue weighted by Crippen LogP contribution is 2.19. The van der Waals surface area contributed by atoms with Crippen LogP contribution in [-0.2, 0) is 16.0 Å². The van der Waals surface area contributed by atoms with Crippen molar-refractivity contribution in [3.05, 3.63) is 65.7 Å². The second kappa shape index (κ2) is 7.57. The van der Waals surface area contributed by atoms with Gasteiger partial charge in [0, 0.05) is 19.3 Å². The molecule has 1 amide bonds. The molecule has 0 aliphatic carbocycles. The van der Waals surface area contributed by atoms with E-state index in [0.29, 0.717) is 0 Å². The van der Waals surface area contributed by atoms with Crippen molar-refractivity contribution in [1.82, 2.24) is 0 Å². The van der Waals surface area contributed by atoms with Crippen LogP contribution in [0, 0.1) is 0 Å². The van der Waals surface area contributed by atoms with E-state index in [0.717, 1.165) is 17.7 Å². The molecule has 2 aromatic rings. The highest BCUT2D eigenvalue weighted by Gasteiger charge is 2.16. The molecule has 0 aliphatic rings. The standard InChI is InChI=1S/C17H20N2O2/c1-21-16(12-18)17(20)19-15-10-6-5-9-14(15)11-13-7-3-2-4-8-13/h2-10,16H,11-12,18H2,1H3,(H,19,20). The molecule has 3 N–H and O–H groups in total. The van der Waals surface area contributed by atoms with Crippen LogP contribution in [-0.4, -0.2) is 25.7 Å². The van der Waals surface area contributed by atoms with Crippen molar-refractivity contribution in [2.24, 2.45) is 5.73 Å². The molecule has 21 heavy (non-hydrogen) atoms. The molecular weight excluding hydrogens is 264 g/mol. The van der Waals surface area contributed by atoms with E-state index in [-0.39, 0.29) is 12.5 Å². The Morgan fingerprint density at radius 2 is 1.81 bits per heavy atom. The van der Waals surface area contributed by atoms with Gasteiger partial charge in [-0.1, -0.05) is 48.5 Å². The van der Waals surface area contributed by atoms with Crippen LogP contribution in [0.5, 0.6) is 0 Å². The molecule has 0 saturated carbocycles. The number of anilines is 1. The number of amides is 1. The van der Waals surface area contributed by atoms with E-state index < -0.39 is 6.10 Å². The number of nitrogens with one attached hydrogen (secondary N) is 1. The van der Waals surface area contributed by atoms with Crippen molar-refractivity contribution < 1.29 is 9.53 Å². The zero-order valence-corrected chi connectivity index (χ0v) is 12.1. The number of carbonyl (C=O) groups excluding carboxylic acids is 1. The van der Waals surface area contributed by atoms with Gasteiger partial charge in [0.25, 0.3) is 5.91 Å². The summed E-state index contributed by atoms with van der Waals surface area (Å²) >= 11 is 0. The van der Waals surface area contributed by atoms with Crippen LogP contribution >= 0.6 is 0 Å². The fourth-order valence-corrected chi connectivity index (χ4v) is 2.14. The molecule has 0 fully saturated rings. The van der Waals surface area contributed by atoms with Gasteiger partial charge in [0.05, 0.1) is 0 Å². The monoisotopic (exact) mass is 284 g/mol. The second-order valence-corrected chi connectivity index (χ2v) is 4.77. The fraction of sp³-hybridized carbons (Fsp3) is 0.235. The predicted octanol–water partition coefficient (Wildman–Crippen LogP) is 2.19. The first-order valence-corrected chi connectivity index (χ1v) is 6.90. The van der Waals surface area contributed by atoms with Crippen LogP contribution < -0.4 is 11.1 Å². The normalized spacial score (nSPS) is 11.9. The molecule has 0 radical (unpaired) electrons. The summed E-state index contributed by atoms with van der Waals surface area (Å²) in [6.07, 6.45) is 0.132. The molecule has 1 unspecified atom stereocenters. The first-order chi connectivity index (χ1) is 10.2. The van der Waals surface area contributed by atoms with E-state index in [1.807, 2.05) is 42.5 Å². The molecule has 0 aromatic heterocycles. The van der Waals surface area contributed by atoms with Crippen molar-refractivity contribution in [2.75, 3.05) is 19.0 Å².